The third-order valence-electron chi connectivity index (χ3n) is 0.916. The summed E-state index contributed by atoms with van der Waals surface area (Å²) in [6.45, 7) is 0.721. The van der Waals surface area contributed by atoms with Crippen LogP contribution in [-0.4, -0.2) is 10.9 Å². The van der Waals surface area contributed by atoms with Gasteiger partial charge in [-0.2, -0.15) is 0 Å². The van der Waals surface area contributed by atoms with E-state index in [4.69, 9.17) is 5.73 Å². The van der Waals surface area contributed by atoms with Gasteiger partial charge in [-0.3, -0.25) is 0 Å². The third-order valence-corrected chi connectivity index (χ3v) is 1.55. The summed E-state index contributed by atoms with van der Waals surface area (Å²) in [5.74, 6) is 0. The molecule has 0 aliphatic rings. The van der Waals surface area contributed by atoms with Crippen LogP contribution in [0.1, 0.15) is 5.56 Å². The molecule has 1 aromatic rings. The van der Waals surface area contributed by atoms with E-state index in [0.29, 0.717) is 0 Å². The second-order valence-electron chi connectivity index (χ2n) is 1.57. The van der Waals surface area contributed by atoms with Gasteiger partial charge in [-0.15, -0.1) is 0 Å². The molecule has 2 nitrogen and oxygen atoms in total. The Labute approximate surface area is 52.5 Å². The largest absolute Gasteiger partial charge is 0.330 e. The Hall–Kier alpha value is -0.410. The molecule has 0 radical (unpaired) electrons. The molecule has 1 rings (SSSR count). The number of nitrogens with two attached hydrogens (primary N) is 1. The molecule has 0 aliphatic heterocycles. The summed E-state index contributed by atoms with van der Waals surface area (Å²) in [6.07, 6.45) is 2.81. The molecular weight excluding hydrogens is 120 g/mol. The Morgan fingerprint density at radius 3 is 3.12 bits per heavy atom. The Morgan fingerprint density at radius 1 is 1.75 bits per heavy atom. The summed E-state index contributed by atoms with van der Waals surface area (Å²) in [7, 11) is 0. The predicted molar refractivity (Wildman–Crippen MR) is 34.9 cm³/mol. The van der Waals surface area contributed by atoms with Gasteiger partial charge in [0.15, 0.2) is 0 Å². The van der Waals surface area contributed by atoms with E-state index in [0.717, 1.165) is 13.0 Å². The zero-order valence-electron chi connectivity index (χ0n) is 4.50. The van der Waals surface area contributed by atoms with Gasteiger partial charge in [0.05, 0.1) is 0 Å². The molecule has 0 amide bonds. The summed E-state index contributed by atoms with van der Waals surface area (Å²) >= 11 is 1.47. The maximum absolute atomic E-state index is 5.30. The zero-order chi connectivity index (χ0) is 5.82. The van der Waals surface area contributed by atoms with Crippen LogP contribution in [0.4, 0.5) is 0 Å². The second kappa shape index (κ2) is 2.79. The van der Waals surface area contributed by atoms with Crippen molar-refractivity contribution in [2.24, 2.45) is 5.73 Å². The summed E-state index contributed by atoms with van der Waals surface area (Å²) < 4.78 is 3.93. The van der Waals surface area contributed by atoms with E-state index < -0.39 is 0 Å². The van der Waals surface area contributed by atoms with Crippen molar-refractivity contribution in [3.63, 3.8) is 0 Å². The van der Waals surface area contributed by atoms with Gasteiger partial charge < -0.3 is 5.73 Å². The zero-order valence-corrected chi connectivity index (χ0v) is 5.32. The minimum atomic E-state index is 0.721. The van der Waals surface area contributed by atoms with Crippen LogP contribution in [0.5, 0.6) is 0 Å². The van der Waals surface area contributed by atoms with Crippen LogP contribution in [0, 0.1) is 0 Å². The van der Waals surface area contributed by atoms with Crippen molar-refractivity contribution in [1.82, 2.24) is 4.37 Å². The molecule has 0 aromatic carbocycles. The SMILES string of the molecule is NCCc1cnsc1. The van der Waals surface area contributed by atoms with E-state index in [2.05, 4.69) is 4.37 Å². The molecule has 0 bridgehead atoms. The Balaban J connectivity index is 2.50. The fourth-order valence-electron chi connectivity index (χ4n) is 0.517. The Bertz CT molecular complexity index is 136. The Kier molecular flexibility index (Phi) is 2.00. The number of hydrogen-bond donors (Lipinski definition) is 1. The van der Waals surface area contributed by atoms with Gasteiger partial charge in [0.25, 0.3) is 0 Å². The Morgan fingerprint density at radius 2 is 2.62 bits per heavy atom. The first-order chi connectivity index (χ1) is 3.93. The van der Waals surface area contributed by atoms with Crippen LogP contribution in [0.15, 0.2) is 11.6 Å². The number of rotatable bonds is 2. The minimum absolute atomic E-state index is 0.721. The van der Waals surface area contributed by atoms with Gasteiger partial charge in [-0.25, -0.2) is 4.37 Å². The molecule has 3 heteroatoms. The lowest BCUT2D eigenvalue weighted by Gasteiger charge is -1.85. The summed E-state index contributed by atoms with van der Waals surface area (Å²) in [6, 6.07) is 0. The normalized spacial score (nSPS) is 9.62. The molecule has 44 valence electrons. The molecule has 0 aliphatic carbocycles. The van der Waals surface area contributed by atoms with Crippen molar-refractivity contribution < 1.29 is 0 Å². The van der Waals surface area contributed by atoms with Crippen LogP contribution in [-0.2, 0) is 6.42 Å². The van der Waals surface area contributed by atoms with Crippen molar-refractivity contribution in [2.75, 3.05) is 6.54 Å². The van der Waals surface area contributed by atoms with Crippen LogP contribution >= 0.6 is 11.5 Å². The summed E-state index contributed by atoms with van der Waals surface area (Å²) in [5, 5.41) is 2.02. The first-order valence-electron chi connectivity index (χ1n) is 2.52. The molecular formula is C5H8N2S. The lowest BCUT2D eigenvalue weighted by Crippen LogP contribution is -2.01. The van der Waals surface area contributed by atoms with Gasteiger partial charge in [0, 0.05) is 11.6 Å². The fourth-order valence-corrected chi connectivity index (χ4v) is 1.09. The molecule has 0 saturated carbocycles. The van der Waals surface area contributed by atoms with Gasteiger partial charge in [-0.1, -0.05) is 0 Å². The molecule has 1 heterocycles. The van der Waals surface area contributed by atoms with E-state index in [-0.39, 0.29) is 0 Å². The van der Waals surface area contributed by atoms with Crippen LogP contribution in [0.25, 0.3) is 0 Å². The maximum atomic E-state index is 5.30. The van der Waals surface area contributed by atoms with Crippen LogP contribution < -0.4 is 5.73 Å². The lowest BCUT2D eigenvalue weighted by atomic mass is 10.3. The molecule has 0 saturated heterocycles. The fraction of sp³-hybridized carbons (Fsp3) is 0.400. The van der Waals surface area contributed by atoms with E-state index in [9.17, 15) is 0 Å². The highest BCUT2D eigenvalue weighted by molar-refractivity contribution is 7.03. The third kappa shape index (κ3) is 1.28. The molecule has 0 fully saturated rings. The molecule has 0 spiro atoms. The van der Waals surface area contributed by atoms with Crippen LogP contribution in [0.3, 0.4) is 0 Å². The highest BCUT2D eigenvalue weighted by atomic mass is 32.1. The van der Waals surface area contributed by atoms with Crippen molar-refractivity contribution in [3.8, 4) is 0 Å². The maximum Gasteiger partial charge on any atom is 0.0439 e. The molecule has 2 N–H and O–H groups in total. The second-order valence-corrected chi connectivity index (χ2v) is 2.23. The average molecular weight is 128 g/mol. The van der Waals surface area contributed by atoms with E-state index >= 15 is 0 Å². The number of hydrogen-bond acceptors (Lipinski definition) is 3. The van der Waals surface area contributed by atoms with Gasteiger partial charge in [0.1, 0.15) is 0 Å². The topological polar surface area (TPSA) is 38.9 Å². The van der Waals surface area contributed by atoms with Gasteiger partial charge >= 0.3 is 0 Å². The first kappa shape index (κ1) is 5.72. The first-order valence-corrected chi connectivity index (χ1v) is 3.35. The molecule has 0 atom stereocenters. The molecule has 0 unspecified atom stereocenters. The van der Waals surface area contributed by atoms with E-state index in [1.807, 2.05) is 11.6 Å². The summed E-state index contributed by atoms with van der Waals surface area (Å²) in [5.41, 5.74) is 6.54. The van der Waals surface area contributed by atoms with Gasteiger partial charge in [-0.05, 0) is 30.1 Å². The average Bonchev–Trinajstić information content (AvgIpc) is 2.19. The highest BCUT2D eigenvalue weighted by Gasteiger charge is 1.88. The predicted octanol–water partition coefficient (Wildman–Crippen LogP) is 0.644. The van der Waals surface area contributed by atoms with Crippen LogP contribution in [0.2, 0.25) is 0 Å². The molecule has 1 aromatic heterocycles. The monoisotopic (exact) mass is 128 g/mol. The molecule has 8 heavy (non-hydrogen) atoms. The smallest absolute Gasteiger partial charge is 0.0439 e. The quantitative estimate of drug-likeness (QED) is 0.635. The van der Waals surface area contributed by atoms with Crippen molar-refractivity contribution >= 4 is 11.5 Å². The standard InChI is InChI=1S/C5H8N2S/c6-2-1-5-3-7-8-4-5/h3-4H,1-2,6H2. The minimum Gasteiger partial charge on any atom is -0.330 e. The van der Waals surface area contributed by atoms with Crippen molar-refractivity contribution in [1.29, 1.82) is 0 Å². The summed E-state index contributed by atoms with van der Waals surface area (Å²) in [4.78, 5) is 0. The number of nitrogens with zero attached hydrogens (tertiary/aromatic N) is 1. The van der Waals surface area contributed by atoms with Crippen molar-refractivity contribution in [2.45, 2.75) is 6.42 Å². The van der Waals surface area contributed by atoms with E-state index in [1.54, 1.807) is 0 Å². The highest BCUT2D eigenvalue weighted by Crippen LogP contribution is 2.00. The van der Waals surface area contributed by atoms with E-state index in [1.165, 1.54) is 17.1 Å². The number of aromatic nitrogens is 1. The lowest BCUT2D eigenvalue weighted by molar-refractivity contribution is 0.971. The van der Waals surface area contributed by atoms with Crippen molar-refractivity contribution in [3.05, 3.63) is 17.1 Å². The van der Waals surface area contributed by atoms with Gasteiger partial charge in [0.2, 0.25) is 0 Å².